The first-order chi connectivity index (χ1) is 12.5. The molecule has 0 aliphatic rings. The summed E-state index contributed by atoms with van der Waals surface area (Å²) in [4.78, 5) is 9.47. The smallest absolute Gasteiger partial charge is 0.121 e. The molecule has 0 aliphatic heterocycles. The van der Waals surface area contributed by atoms with Crippen molar-refractivity contribution in [2.45, 2.75) is 11.4 Å². The molecule has 26 heavy (non-hydrogen) atoms. The molecule has 2 N–H and O–H groups in total. The van der Waals surface area contributed by atoms with Crippen LogP contribution < -0.4 is 9.88 Å². The summed E-state index contributed by atoms with van der Waals surface area (Å²) in [6, 6.07) is 13.2. The van der Waals surface area contributed by atoms with Gasteiger partial charge in [0.25, 0.3) is 0 Å². The van der Waals surface area contributed by atoms with E-state index in [1.807, 2.05) is 30.3 Å². The lowest BCUT2D eigenvalue weighted by Gasteiger charge is -2.09. The number of methoxy groups -OCH3 is 1. The molecule has 0 spiro atoms. The number of pyridine rings is 1. The van der Waals surface area contributed by atoms with Crippen molar-refractivity contribution in [3.05, 3.63) is 60.6 Å². The molecule has 4 aromatic rings. The van der Waals surface area contributed by atoms with Crippen LogP contribution in [0.1, 0.15) is 5.56 Å². The van der Waals surface area contributed by atoms with Gasteiger partial charge in [-0.2, -0.15) is 0 Å². The van der Waals surface area contributed by atoms with Crippen LogP contribution in [-0.4, -0.2) is 31.7 Å². The molecule has 0 radical (unpaired) electrons. The number of rotatable bonds is 4. The van der Waals surface area contributed by atoms with Gasteiger partial charge in [0.05, 0.1) is 40.4 Å². The lowest BCUT2D eigenvalue weighted by Crippen LogP contribution is -2.11. The lowest BCUT2D eigenvalue weighted by molar-refractivity contribution is 0.415. The van der Waals surface area contributed by atoms with E-state index in [9.17, 15) is 4.21 Å². The summed E-state index contributed by atoms with van der Waals surface area (Å²) < 4.78 is 19.2. The third-order valence-corrected chi connectivity index (χ3v) is 5.40. The zero-order valence-electron chi connectivity index (χ0n) is 14.3. The molecule has 0 saturated carbocycles. The van der Waals surface area contributed by atoms with Crippen LogP contribution in [0.25, 0.3) is 21.9 Å². The molecular formula is C19H18N4O2S. The Balaban J connectivity index is 1.78. The van der Waals surface area contributed by atoms with Crippen molar-refractivity contribution >= 4 is 37.5 Å². The van der Waals surface area contributed by atoms with Crippen molar-refractivity contribution in [3.63, 3.8) is 0 Å². The predicted molar refractivity (Wildman–Crippen MR) is 105 cm³/mol. The molecule has 2 aromatic carbocycles. The van der Waals surface area contributed by atoms with Gasteiger partial charge in [-0.3, -0.25) is 10.1 Å². The van der Waals surface area contributed by atoms with Gasteiger partial charge in [0.1, 0.15) is 11.3 Å². The van der Waals surface area contributed by atoms with Crippen molar-refractivity contribution < 1.29 is 8.95 Å². The molecule has 6 nitrogen and oxygen atoms in total. The van der Waals surface area contributed by atoms with Crippen LogP contribution in [0.2, 0.25) is 0 Å². The summed E-state index contributed by atoms with van der Waals surface area (Å²) in [7, 11) is -1.05. The molecule has 0 amide bonds. The summed E-state index contributed by atoms with van der Waals surface area (Å²) in [5.74, 6) is 4.28. The van der Waals surface area contributed by atoms with Crippen LogP contribution in [0.15, 0.2) is 59.9 Å². The third-order valence-electron chi connectivity index (χ3n) is 4.33. The Bertz CT molecular complexity index is 1210. The van der Waals surface area contributed by atoms with Gasteiger partial charge in [-0.15, -0.1) is 0 Å². The van der Waals surface area contributed by atoms with E-state index in [2.05, 4.69) is 20.4 Å². The quantitative estimate of drug-likeness (QED) is 0.563. The number of nitrogens with zero attached hydrogens (tertiary/aromatic N) is 3. The molecule has 0 saturated heterocycles. The van der Waals surface area contributed by atoms with Crippen LogP contribution in [0.5, 0.6) is 5.75 Å². The Labute approximate surface area is 151 Å². The highest BCUT2D eigenvalue weighted by Crippen LogP contribution is 2.26. The minimum absolute atomic E-state index is 0.540. The normalized spacial score (nSPS) is 13.8. The average molecular weight is 366 g/mol. The highest BCUT2D eigenvalue weighted by molar-refractivity contribution is 7.98. The molecule has 4 rings (SSSR count). The van der Waals surface area contributed by atoms with Crippen molar-refractivity contribution in [1.29, 1.82) is 0 Å². The zero-order chi connectivity index (χ0) is 18.3. The fourth-order valence-corrected chi connectivity index (χ4v) is 3.60. The van der Waals surface area contributed by atoms with E-state index >= 15 is 0 Å². The molecule has 7 heteroatoms. The molecule has 2 heterocycles. The highest BCUT2D eigenvalue weighted by atomic mass is 32.2. The van der Waals surface area contributed by atoms with Gasteiger partial charge in [0.15, 0.2) is 0 Å². The Hall–Kier alpha value is -2.90. The van der Waals surface area contributed by atoms with Gasteiger partial charge in [-0.25, -0.2) is 9.19 Å². The van der Waals surface area contributed by atoms with Crippen LogP contribution >= 0.6 is 0 Å². The van der Waals surface area contributed by atoms with Crippen LogP contribution in [0.4, 0.5) is 0 Å². The Morgan fingerprint density at radius 3 is 2.62 bits per heavy atom. The fraction of sp³-hybridized carbons (Fsp3) is 0.105. The Kier molecular flexibility index (Phi) is 3.90. The number of nitrogens with two attached hydrogens (primary N) is 1. The second-order valence-corrected chi connectivity index (χ2v) is 8.04. The van der Waals surface area contributed by atoms with E-state index in [0.29, 0.717) is 11.4 Å². The van der Waals surface area contributed by atoms with Gasteiger partial charge in [-0.1, -0.05) is 12.1 Å². The van der Waals surface area contributed by atoms with Gasteiger partial charge >= 0.3 is 0 Å². The monoisotopic (exact) mass is 366 g/mol. The van der Waals surface area contributed by atoms with E-state index in [0.717, 1.165) is 33.2 Å². The molecule has 2 aromatic heterocycles. The lowest BCUT2D eigenvalue weighted by atomic mass is 10.1. The summed E-state index contributed by atoms with van der Waals surface area (Å²) in [6.45, 7) is 0.630. The first-order valence-electron chi connectivity index (χ1n) is 7.97. The molecule has 1 atom stereocenters. The van der Waals surface area contributed by atoms with E-state index in [4.69, 9.17) is 9.88 Å². The number of hydrogen-bond acceptors (Lipinski definition) is 4. The zero-order valence-corrected chi connectivity index (χ0v) is 15.1. The maximum absolute atomic E-state index is 11.8. The van der Waals surface area contributed by atoms with Crippen LogP contribution in [-0.2, 0) is 16.3 Å². The summed E-state index contributed by atoms with van der Waals surface area (Å²) >= 11 is 0. The maximum atomic E-state index is 11.8. The second-order valence-electron chi connectivity index (χ2n) is 6.12. The van der Waals surface area contributed by atoms with E-state index in [1.165, 1.54) is 0 Å². The minimum Gasteiger partial charge on any atom is -0.497 e. The molecular weight excluding hydrogens is 348 g/mol. The number of benzene rings is 2. The number of aromatic nitrogens is 3. The number of fused-ring (bicyclic) bond motifs is 3. The molecule has 1 unspecified atom stereocenters. The van der Waals surface area contributed by atoms with Crippen molar-refractivity contribution in [2.75, 3.05) is 7.11 Å². The molecule has 0 aliphatic carbocycles. The first-order valence-corrected chi connectivity index (χ1v) is 9.76. The minimum atomic E-state index is -2.69. The van der Waals surface area contributed by atoms with E-state index in [-0.39, 0.29) is 0 Å². The van der Waals surface area contributed by atoms with Gasteiger partial charge in [-0.05, 0) is 35.7 Å². The third kappa shape index (κ3) is 2.91. The maximum Gasteiger partial charge on any atom is 0.121 e. The number of imidazole rings is 1. The predicted octanol–water partition coefficient (Wildman–Crippen LogP) is 2.59. The Morgan fingerprint density at radius 2 is 1.92 bits per heavy atom. The van der Waals surface area contributed by atoms with E-state index in [1.54, 1.807) is 31.8 Å². The van der Waals surface area contributed by atoms with Crippen molar-refractivity contribution in [1.82, 2.24) is 14.5 Å². The fourth-order valence-electron chi connectivity index (χ4n) is 3.00. The molecule has 132 valence electrons. The average Bonchev–Trinajstić information content (AvgIpc) is 3.04. The summed E-state index contributed by atoms with van der Waals surface area (Å²) in [5, 5.41) is 6.60. The SMILES string of the molecule is C=S(N)(=O)c1ccc(Cn2cnc3cnc4cc(OC)ccc4c32)cc1. The van der Waals surface area contributed by atoms with E-state index < -0.39 is 9.71 Å². The number of hydrogen-bond donors (Lipinski definition) is 1. The Morgan fingerprint density at radius 1 is 1.15 bits per heavy atom. The molecule has 0 fully saturated rings. The van der Waals surface area contributed by atoms with Gasteiger partial charge in [0, 0.05) is 22.9 Å². The standard InChI is InChI=1S/C19H18N4O2S/c1-25-14-5-8-16-17(9-14)21-10-18-19(16)23(12-22-18)11-13-3-6-15(7-4-13)26(2,20)24/h3-10,12H,2,11H2,1H3,(H2,20,24). The van der Waals surface area contributed by atoms with Gasteiger partial charge in [0.2, 0.25) is 0 Å². The van der Waals surface area contributed by atoms with Gasteiger partial charge < -0.3 is 9.30 Å². The largest absolute Gasteiger partial charge is 0.497 e. The topological polar surface area (TPSA) is 83.0 Å². The second kappa shape index (κ2) is 6.12. The van der Waals surface area contributed by atoms with Crippen molar-refractivity contribution in [2.24, 2.45) is 5.14 Å². The number of ether oxygens (including phenoxy) is 1. The summed E-state index contributed by atoms with van der Waals surface area (Å²) in [5.41, 5.74) is 3.76. The first kappa shape index (κ1) is 16.6. The van der Waals surface area contributed by atoms with Crippen molar-refractivity contribution in [3.8, 4) is 5.75 Å². The molecule has 0 bridgehead atoms. The van der Waals surface area contributed by atoms with Crippen LogP contribution in [0.3, 0.4) is 0 Å². The summed E-state index contributed by atoms with van der Waals surface area (Å²) in [6.07, 6.45) is 3.57. The highest BCUT2D eigenvalue weighted by Gasteiger charge is 2.10. The van der Waals surface area contributed by atoms with Crippen LogP contribution in [0, 0.1) is 0 Å².